The highest BCUT2D eigenvalue weighted by Gasteiger charge is 2.28. The molecule has 0 saturated carbocycles. The maximum absolute atomic E-state index is 11.8. The van der Waals surface area contributed by atoms with Gasteiger partial charge in [-0.3, -0.25) is 4.79 Å². The Labute approximate surface area is 96.0 Å². The van der Waals surface area contributed by atoms with Gasteiger partial charge in [0, 0.05) is 28.1 Å². The number of amides is 1. The zero-order valence-electron chi connectivity index (χ0n) is 7.68. The van der Waals surface area contributed by atoms with Crippen molar-refractivity contribution in [3.63, 3.8) is 0 Å². The Morgan fingerprint density at radius 3 is 2.93 bits per heavy atom. The Morgan fingerprint density at radius 1 is 1.57 bits per heavy atom. The smallest absolute Gasteiger partial charge is 0.254 e. The van der Waals surface area contributed by atoms with E-state index in [9.17, 15) is 4.79 Å². The summed E-state index contributed by atoms with van der Waals surface area (Å²) in [6.45, 7) is 3.39. The Bertz CT molecular complexity index is 405. The van der Waals surface area contributed by atoms with Crippen molar-refractivity contribution >= 4 is 33.4 Å². The van der Waals surface area contributed by atoms with E-state index in [2.05, 4.69) is 15.9 Å². The van der Waals surface area contributed by atoms with Crippen molar-refractivity contribution in [3.05, 3.63) is 32.8 Å². The van der Waals surface area contributed by atoms with Gasteiger partial charge in [-0.1, -0.05) is 27.5 Å². The maximum Gasteiger partial charge on any atom is 0.254 e. The number of hydrogen-bond donors (Lipinski definition) is 0. The molecule has 0 N–H and O–H groups in total. The van der Waals surface area contributed by atoms with Crippen LogP contribution in [0.25, 0.3) is 0 Å². The summed E-state index contributed by atoms with van der Waals surface area (Å²) in [5.41, 5.74) is 1.77. The van der Waals surface area contributed by atoms with Gasteiger partial charge in [-0.2, -0.15) is 0 Å². The van der Waals surface area contributed by atoms with Gasteiger partial charge in [0.2, 0.25) is 0 Å². The van der Waals surface area contributed by atoms with Crippen LogP contribution >= 0.6 is 27.5 Å². The molecule has 1 amide bonds. The van der Waals surface area contributed by atoms with E-state index < -0.39 is 0 Å². The van der Waals surface area contributed by atoms with Crippen LogP contribution in [0.2, 0.25) is 5.02 Å². The molecule has 1 aromatic carbocycles. The molecule has 14 heavy (non-hydrogen) atoms. The molecule has 74 valence electrons. The molecular formula is C10H9BrClNO. The van der Waals surface area contributed by atoms with Gasteiger partial charge < -0.3 is 4.90 Å². The van der Waals surface area contributed by atoms with Crippen LogP contribution in [0.3, 0.4) is 0 Å². The third-order valence-electron chi connectivity index (χ3n) is 2.41. The van der Waals surface area contributed by atoms with Crippen LogP contribution in [0.4, 0.5) is 0 Å². The van der Waals surface area contributed by atoms with E-state index in [1.807, 2.05) is 13.0 Å². The van der Waals surface area contributed by atoms with Crippen molar-refractivity contribution in [1.82, 2.24) is 4.90 Å². The van der Waals surface area contributed by atoms with Gasteiger partial charge in [-0.15, -0.1) is 0 Å². The fraction of sp³-hybridized carbons (Fsp3) is 0.300. The topological polar surface area (TPSA) is 20.3 Å². The molecule has 0 radical (unpaired) electrons. The molecule has 2 nitrogen and oxygen atoms in total. The van der Waals surface area contributed by atoms with Crippen LogP contribution in [0.15, 0.2) is 16.6 Å². The number of benzene rings is 1. The predicted octanol–water partition coefficient (Wildman–Crippen LogP) is 3.08. The molecule has 0 saturated heterocycles. The van der Waals surface area contributed by atoms with Crippen LogP contribution in [-0.2, 0) is 6.54 Å². The second-order valence-electron chi connectivity index (χ2n) is 3.23. The van der Waals surface area contributed by atoms with E-state index in [0.717, 1.165) is 22.1 Å². The molecule has 0 aliphatic carbocycles. The number of carbonyl (C=O) groups excluding carboxylic acids is 1. The van der Waals surface area contributed by atoms with E-state index in [1.165, 1.54) is 0 Å². The molecule has 0 unspecified atom stereocenters. The Hall–Kier alpha value is -0.540. The quantitative estimate of drug-likeness (QED) is 0.771. The first-order valence-electron chi connectivity index (χ1n) is 4.40. The van der Waals surface area contributed by atoms with Crippen LogP contribution in [0, 0.1) is 0 Å². The van der Waals surface area contributed by atoms with Crippen LogP contribution in [0.5, 0.6) is 0 Å². The molecule has 4 heteroatoms. The summed E-state index contributed by atoms with van der Waals surface area (Å²) in [6, 6.07) is 3.56. The normalized spacial score (nSPS) is 14.8. The van der Waals surface area contributed by atoms with Crippen molar-refractivity contribution in [1.29, 1.82) is 0 Å². The van der Waals surface area contributed by atoms with E-state index >= 15 is 0 Å². The van der Waals surface area contributed by atoms with Gasteiger partial charge in [0.25, 0.3) is 5.91 Å². The molecule has 0 aromatic heterocycles. The summed E-state index contributed by atoms with van der Waals surface area (Å²) in [4.78, 5) is 13.6. The number of nitrogens with zero attached hydrogens (tertiary/aromatic N) is 1. The van der Waals surface area contributed by atoms with Gasteiger partial charge in [0.15, 0.2) is 0 Å². The Balaban J connectivity index is 2.53. The van der Waals surface area contributed by atoms with Crippen molar-refractivity contribution in [3.8, 4) is 0 Å². The fourth-order valence-corrected chi connectivity index (χ4v) is 2.58. The number of rotatable bonds is 1. The first-order valence-corrected chi connectivity index (χ1v) is 5.57. The maximum atomic E-state index is 11.8. The molecule has 2 rings (SSSR count). The summed E-state index contributed by atoms with van der Waals surface area (Å²) in [5, 5.41) is 0.599. The lowest BCUT2D eigenvalue weighted by atomic mass is 10.1. The van der Waals surface area contributed by atoms with Crippen LogP contribution in [-0.4, -0.2) is 17.4 Å². The van der Waals surface area contributed by atoms with Crippen molar-refractivity contribution < 1.29 is 4.79 Å². The molecular weight excluding hydrogens is 265 g/mol. The molecule has 0 fully saturated rings. The van der Waals surface area contributed by atoms with Crippen LogP contribution < -0.4 is 0 Å². The Kier molecular flexibility index (Phi) is 2.54. The number of hydrogen-bond acceptors (Lipinski definition) is 1. The van der Waals surface area contributed by atoms with Gasteiger partial charge in [-0.05, 0) is 24.6 Å². The van der Waals surface area contributed by atoms with Crippen molar-refractivity contribution in [2.75, 3.05) is 6.54 Å². The number of carbonyl (C=O) groups is 1. The predicted molar refractivity (Wildman–Crippen MR) is 59.6 cm³/mol. The van der Waals surface area contributed by atoms with E-state index in [0.29, 0.717) is 11.6 Å². The lowest BCUT2D eigenvalue weighted by molar-refractivity contribution is 0.0787. The summed E-state index contributed by atoms with van der Waals surface area (Å²) in [7, 11) is 0. The SMILES string of the molecule is CCN1Cc2c(Br)cc(Cl)cc2C1=O. The molecule has 1 heterocycles. The first-order chi connectivity index (χ1) is 6.63. The van der Waals surface area contributed by atoms with Gasteiger partial charge in [-0.25, -0.2) is 0 Å². The minimum absolute atomic E-state index is 0.0747. The first kappa shape index (κ1) is 9.99. The molecule has 1 aromatic rings. The second kappa shape index (κ2) is 3.55. The summed E-state index contributed by atoms with van der Waals surface area (Å²) < 4.78 is 0.921. The van der Waals surface area contributed by atoms with Gasteiger partial charge >= 0.3 is 0 Å². The minimum Gasteiger partial charge on any atom is -0.335 e. The summed E-state index contributed by atoms with van der Waals surface area (Å²) in [6.07, 6.45) is 0. The molecule has 0 bridgehead atoms. The summed E-state index contributed by atoms with van der Waals surface area (Å²) in [5.74, 6) is 0.0747. The van der Waals surface area contributed by atoms with E-state index in [4.69, 9.17) is 11.6 Å². The average Bonchev–Trinajstić information content (AvgIpc) is 2.44. The van der Waals surface area contributed by atoms with Crippen LogP contribution in [0.1, 0.15) is 22.8 Å². The third-order valence-corrected chi connectivity index (χ3v) is 3.33. The fourth-order valence-electron chi connectivity index (χ4n) is 1.64. The van der Waals surface area contributed by atoms with E-state index in [1.54, 1.807) is 11.0 Å². The minimum atomic E-state index is 0.0747. The average molecular weight is 275 g/mol. The molecule has 1 aliphatic rings. The second-order valence-corrected chi connectivity index (χ2v) is 4.52. The lowest BCUT2D eigenvalue weighted by Crippen LogP contribution is -2.22. The highest BCUT2D eigenvalue weighted by molar-refractivity contribution is 9.10. The number of halogens is 2. The Morgan fingerprint density at radius 2 is 2.29 bits per heavy atom. The third kappa shape index (κ3) is 1.44. The van der Waals surface area contributed by atoms with Crippen molar-refractivity contribution in [2.45, 2.75) is 13.5 Å². The monoisotopic (exact) mass is 273 g/mol. The highest BCUT2D eigenvalue weighted by atomic mass is 79.9. The number of fused-ring (bicyclic) bond motifs is 1. The zero-order chi connectivity index (χ0) is 10.3. The van der Waals surface area contributed by atoms with Gasteiger partial charge in [0.1, 0.15) is 0 Å². The highest BCUT2D eigenvalue weighted by Crippen LogP contribution is 2.32. The molecule has 0 atom stereocenters. The zero-order valence-corrected chi connectivity index (χ0v) is 10.0. The van der Waals surface area contributed by atoms with E-state index in [-0.39, 0.29) is 5.91 Å². The standard InChI is InChI=1S/C10H9BrClNO/c1-2-13-5-8-7(10(13)14)3-6(12)4-9(8)11/h3-4H,2,5H2,1H3. The largest absolute Gasteiger partial charge is 0.335 e. The molecule has 1 aliphatic heterocycles. The lowest BCUT2D eigenvalue weighted by Gasteiger charge is -2.10. The molecule has 0 spiro atoms. The van der Waals surface area contributed by atoms with Crippen molar-refractivity contribution in [2.24, 2.45) is 0 Å². The summed E-state index contributed by atoms with van der Waals surface area (Å²) >= 11 is 9.30. The van der Waals surface area contributed by atoms with Gasteiger partial charge in [0.05, 0.1) is 0 Å².